The number of fused-ring (bicyclic) bond motifs is 2. The molecule has 5 rings (SSSR count). The second kappa shape index (κ2) is 10.7. The van der Waals surface area contributed by atoms with Crippen LogP contribution < -0.4 is 24.8 Å². The van der Waals surface area contributed by atoms with Crippen LogP contribution in [0.4, 0.5) is 0 Å². The van der Waals surface area contributed by atoms with E-state index < -0.39 is 0 Å². The Morgan fingerprint density at radius 2 is 1.64 bits per heavy atom. The van der Waals surface area contributed by atoms with Crippen LogP contribution in [0.3, 0.4) is 0 Å². The van der Waals surface area contributed by atoms with Crippen molar-refractivity contribution in [1.29, 1.82) is 0 Å². The van der Waals surface area contributed by atoms with Gasteiger partial charge in [-0.3, -0.25) is 0 Å². The summed E-state index contributed by atoms with van der Waals surface area (Å²) >= 11 is 0. The Morgan fingerprint density at radius 3 is 2.29 bits per heavy atom. The number of halogens is 2. The van der Waals surface area contributed by atoms with Crippen LogP contribution in [0.2, 0.25) is 0 Å². The van der Waals surface area contributed by atoms with Crippen LogP contribution in [-0.2, 0) is 26.2 Å². The van der Waals surface area contributed by atoms with E-state index in [2.05, 4.69) is 66.6 Å². The topological polar surface area (TPSA) is 30.7 Å². The zero-order chi connectivity index (χ0) is 17.2. The van der Waals surface area contributed by atoms with E-state index in [-0.39, 0.29) is 51.0 Å². The number of nitrogens with zero attached hydrogens (tertiary/aromatic N) is 3. The fourth-order valence-electron chi connectivity index (χ4n) is 2.92. The molecule has 0 aliphatic heterocycles. The smallest absolute Gasteiger partial charge is 1.00 e. The summed E-state index contributed by atoms with van der Waals surface area (Å²) in [5, 5.41) is 10.9. The van der Waals surface area contributed by atoms with Crippen molar-refractivity contribution in [3.05, 3.63) is 90.0 Å². The fourth-order valence-corrected chi connectivity index (χ4v) is 2.92. The predicted molar refractivity (Wildman–Crippen MR) is 103 cm³/mol. The molecule has 0 fully saturated rings. The third kappa shape index (κ3) is 5.00. The monoisotopic (exact) mass is 485 g/mol. The van der Waals surface area contributed by atoms with Gasteiger partial charge in [0.15, 0.2) is 0 Å². The Balaban J connectivity index is 0.000000341. The molecular weight excluding hydrogens is 468 g/mol. The second-order valence-corrected chi connectivity index (χ2v) is 6.22. The van der Waals surface area contributed by atoms with Gasteiger partial charge in [0.1, 0.15) is 5.52 Å². The molecule has 0 spiro atoms. The van der Waals surface area contributed by atoms with Gasteiger partial charge in [0.05, 0.1) is 5.52 Å². The van der Waals surface area contributed by atoms with Gasteiger partial charge in [0.25, 0.3) is 0 Å². The molecule has 6 heteroatoms. The molecule has 0 unspecified atom stereocenters. The molecule has 140 valence electrons. The van der Waals surface area contributed by atoms with Crippen molar-refractivity contribution in [2.75, 3.05) is 0 Å². The Kier molecular flexibility index (Phi) is 9.30. The van der Waals surface area contributed by atoms with E-state index in [4.69, 9.17) is 0 Å². The first-order valence-electron chi connectivity index (χ1n) is 8.37. The summed E-state index contributed by atoms with van der Waals surface area (Å²) in [4.78, 5) is 0. The van der Waals surface area contributed by atoms with E-state index >= 15 is 0 Å². The molecule has 1 aromatic heterocycles. The molecule has 0 aliphatic rings. The summed E-state index contributed by atoms with van der Waals surface area (Å²) in [6.07, 6.45) is 0. The molecule has 0 amide bonds. The number of aryl methyl sites for hydroxylation is 2. The van der Waals surface area contributed by atoms with Crippen LogP contribution >= 0.6 is 0 Å². The second-order valence-electron chi connectivity index (χ2n) is 6.22. The Morgan fingerprint density at radius 1 is 0.929 bits per heavy atom. The summed E-state index contributed by atoms with van der Waals surface area (Å²) in [5.41, 5.74) is 5.79. The summed E-state index contributed by atoms with van der Waals surface area (Å²) in [6.45, 7) is 4.24. The molecule has 0 saturated heterocycles. The van der Waals surface area contributed by atoms with Gasteiger partial charge in [-0.05, 0) is 17.8 Å². The molecule has 3 nitrogen and oxygen atoms in total. The van der Waals surface area contributed by atoms with E-state index in [1.54, 1.807) is 0 Å². The van der Waals surface area contributed by atoms with Gasteiger partial charge in [-0.1, -0.05) is 37.3 Å². The molecule has 0 atom stereocenters. The van der Waals surface area contributed by atoms with Crippen LogP contribution in [0, 0.1) is 13.8 Å². The number of rotatable bonds is 1. The Hall–Kier alpha value is -1.74. The third-order valence-corrected chi connectivity index (χ3v) is 4.51. The standard InChI is InChI=1S/C15H10N3.C7H9.2ClH.Zr/c1-2-6-12-10-13(9-11(12)5-1)18-15-8-4-3-7-14(15)16-17-18;1-6-4-3-5-7(6)2;;;/h1-10H;3-5H,1-2H3;2*1H;/q2*-1;;;+4/p-2. The minimum absolute atomic E-state index is 0. The maximum atomic E-state index is 4.23. The molecule has 0 radical (unpaired) electrons. The third-order valence-electron chi connectivity index (χ3n) is 4.51. The van der Waals surface area contributed by atoms with Crippen molar-refractivity contribution < 1.29 is 51.0 Å². The van der Waals surface area contributed by atoms with Crippen LogP contribution in [-0.4, -0.2) is 15.0 Å². The zero-order valence-electron chi connectivity index (χ0n) is 15.6. The normalized spacial score (nSPS) is 9.64. The van der Waals surface area contributed by atoms with Crippen molar-refractivity contribution in [2.45, 2.75) is 13.8 Å². The fraction of sp³-hybridized carbons (Fsp3) is 0.0909. The van der Waals surface area contributed by atoms with Crippen molar-refractivity contribution >= 4 is 21.8 Å². The van der Waals surface area contributed by atoms with Gasteiger partial charge in [0, 0.05) is 0 Å². The first kappa shape index (κ1) is 24.3. The summed E-state index contributed by atoms with van der Waals surface area (Å²) < 4.78 is 1.88. The van der Waals surface area contributed by atoms with E-state index in [0.29, 0.717) is 0 Å². The molecule has 5 aromatic rings. The van der Waals surface area contributed by atoms with Crippen LogP contribution in [0.15, 0.2) is 78.9 Å². The van der Waals surface area contributed by atoms with E-state index in [1.165, 1.54) is 21.9 Å². The molecule has 0 N–H and O–H groups in total. The quantitative estimate of drug-likeness (QED) is 0.294. The largest absolute Gasteiger partial charge is 4.00 e. The SMILES string of the molecule is Cc1ccc[c-]1C.[Cl-].[Cl-].[Zr+4].c1ccc2[cH-]c(-n3nnc4ccccc43)cc2c1. The first-order valence-corrected chi connectivity index (χ1v) is 8.37. The minimum Gasteiger partial charge on any atom is -1.00 e. The number of aromatic nitrogens is 3. The van der Waals surface area contributed by atoms with Gasteiger partial charge in [-0.15, -0.1) is 46.2 Å². The molecule has 1 heterocycles. The molecular formula is C22H19Cl2N3Zr. The maximum absolute atomic E-state index is 4.23. The van der Waals surface area contributed by atoms with E-state index in [0.717, 1.165) is 16.7 Å². The molecule has 0 bridgehead atoms. The summed E-state index contributed by atoms with van der Waals surface area (Å²) in [5.74, 6) is 0. The van der Waals surface area contributed by atoms with Crippen molar-refractivity contribution in [2.24, 2.45) is 0 Å². The van der Waals surface area contributed by atoms with Crippen molar-refractivity contribution in [3.63, 3.8) is 0 Å². The van der Waals surface area contributed by atoms with Gasteiger partial charge >= 0.3 is 26.2 Å². The number of hydrogen-bond acceptors (Lipinski definition) is 2. The predicted octanol–water partition coefficient (Wildman–Crippen LogP) is -0.680. The minimum atomic E-state index is 0. The molecule has 0 aliphatic carbocycles. The number of hydrogen-bond donors (Lipinski definition) is 0. The average molecular weight is 488 g/mol. The van der Waals surface area contributed by atoms with Crippen molar-refractivity contribution in [1.82, 2.24) is 15.0 Å². The number of benzene rings is 2. The summed E-state index contributed by atoms with van der Waals surface area (Å²) in [7, 11) is 0. The van der Waals surface area contributed by atoms with Gasteiger partial charge in [-0.25, -0.2) is 16.8 Å². The number of para-hydroxylation sites is 1. The van der Waals surface area contributed by atoms with Crippen molar-refractivity contribution in [3.8, 4) is 5.69 Å². The average Bonchev–Trinajstić information content (AvgIpc) is 3.34. The van der Waals surface area contributed by atoms with Gasteiger partial charge in [-0.2, -0.15) is 17.2 Å². The van der Waals surface area contributed by atoms with Gasteiger partial charge in [0.2, 0.25) is 0 Å². The molecule has 0 saturated carbocycles. The van der Waals surface area contributed by atoms with Crippen LogP contribution in [0.25, 0.3) is 27.5 Å². The molecule has 4 aromatic carbocycles. The van der Waals surface area contributed by atoms with E-state index in [1.807, 2.05) is 41.1 Å². The van der Waals surface area contributed by atoms with Crippen LogP contribution in [0.5, 0.6) is 0 Å². The zero-order valence-corrected chi connectivity index (χ0v) is 19.6. The Bertz CT molecular complexity index is 1090. The maximum Gasteiger partial charge on any atom is 4.00 e. The van der Waals surface area contributed by atoms with Gasteiger partial charge < -0.3 is 24.8 Å². The molecule has 28 heavy (non-hydrogen) atoms. The van der Waals surface area contributed by atoms with Crippen LogP contribution in [0.1, 0.15) is 11.1 Å². The Labute approximate surface area is 196 Å². The van der Waals surface area contributed by atoms with E-state index in [9.17, 15) is 0 Å². The summed E-state index contributed by atoms with van der Waals surface area (Å²) in [6, 6.07) is 26.9. The first-order chi connectivity index (χ1) is 12.2.